The normalized spacial score (nSPS) is 14.5. The van der Waals surface area contributed by atoms with E-state index in [9.17, 15) is 18.5 Å². The number of nitro groups is 1. The first kappa shape index (κ1) is 17.2. The van der Waals surface area contributed by atoms with E-state index in [1.807, 2.05) is 12.1 Å². The van der Waals surface area contributed by atoms with Crippen molar-refractivity contribution in [3.05, 3.63) is 58.1 Å². The highest BCUT2D eigenvalue weighted by atomic mass is 32.2. The van der Waals surface area contributed by atoms with E-state index >= 15 is 0 Å². The Morgan fingerprint density at radius 1 is 1.08 bits per heavy atom. The molecule has 0 amide bonds. The minimum atomic E-state index is -3.90. The molecule has 0 unspecified atom stereocenters. The van der Waals surface area contributed by atoms with E-state index in [0.717, 1.165) is 24.8 Å². The van der Waals surface area contributed by atoms with Crippen LogP contribution in [0.25, 0.3) is 0 Å². The van der Waals surface area contributed by atoms with Gasteiger partial charge in [-0.05, 0) is 49.6 Å². The number of anilines is 2. The predicted molar refractivity (Wildman–Crippen MR) is 96.5 cm³/mol. The summed E-state index contributed by atoms with van der Waals surface area (Å²) in [6, 6.07) is 11.0. The van der Waals surface area contributed by atoms with E-state index in [1.165, 1.54) is 25.0 Å². The Bertz CT molecular complexity index is 889. The highest BCUT2D eigenvalue weighted by molar-refractivity contribution is 7.92. The van der Waals surface area contributed by atoms with Crippen LogP contribution >= 0.6 is 0 Å². The molecule has 1 aliphatic heterocycles. The fourth-order valence-electron chi connectivity index (χ4n) is 2.92. The molecule has 8 heteroatoms. The summed E-state index contributed by atoms with van der Waals surface area (Å²) in [6.07, 6.45) is 2.33. The predicted octanol–water partition coefficient (Wildman–Crippen LogP) is 3.30. The molecule has 1 N–H and O–H groups in total. The van der Waals surface area contributed by atoms with Gasteiger partial charge in [0.05, 0.1) is 9.82 Å². The topological polar surface area (TPSA) is 92.5 Å². The fourth-order valence-corrected chi connectivity index (χ4v) is 4.24. The first-order valence-electron chi connectivity index (χ1n) is 8.00. The molecule has 0 bridgehead atoms. The van der Waals surface area contributed by atoms with Crippen LogP contribution in [0.15, 0.2) is 47.4 Å². The molecule has 3 rings (SSSR count). The van der Waals surface area contributed by atoms with Crippen LogP contribution in [-0.4, -0.2) is 26.4 Å². The summed E-state index contributed by atoms with van der Waals surface area (Å²) in [4.78, 5) is 12.5. The zero-order chi connectivity index (χ0) is 18.0. The van der Waals surface area contributed by atoms with Crippen molar-refractivity contribution in [2.45, 2.75) is 24.7 Å². The monoisotopic (exact) mass is 361 g/mol. The van der Waals surface area contributed by atoms with Gasteiger partial charge in [0.2, 0.25) is 0 Å². The molecule has 1 saturated heterocycles. The van der Waals surface area contributed by atoms with Gasteiger partial charge in [-0.15, -0.1) is 0 Å². The van der Waals surface area contributed by atoms with Crippen LogP contribution in [0, 0.1) is 17.0 Å². The number of aryl methyl sites for hydroxylation is 1. The van der Waals surface area contributed by atoms with Crippen LogP contribution in [0.5, 0.6) is 0 Å². The summed E-state index contributed by atoms with van der Waals surface area (Å²) < 4.78 is 27.7. The molecule has 0 atom stereocenters. The van der Waals surface area contributed by atoms with Gasteiger partial charge in [0, 0.05) is 36.6 Å². The first-order chi connectivity index (χ1) is 11.9. The lowest BCUT2D eigenvalue weighted by Gasteiger charge is -2.18. The highest BCUT2D eigenvalue weighted by Gasteiger charge is 2.21. The van der Waals surface area contributed by atoms with Crippen LogP contribution in [0.2, 0.25) is 0 Å². The van der Waals surface area contributed by atoms with Crippen LogP contribution < -0.4 is 9.62 Å². The van der Waals surface area contributed by atoms with Gasteiger partial charge in [-0.3, -0.25) is 14.8 Å². The van der Waals surface area contributed by atoms with Crippen LogP contribution in [-0.2, 0) is 10.0 Å². The maximum Gasteiger partial charge on any atom is 0.270 e. The summed E-state index contributed by atoms with van der Waals surface area (Å²) >= 11 is 0. The lowest BCUT2D eigenvalue weighted by molar-refractivity contribution is -0.385. The molecule has 1 heterocycles. The van der Waals surface area contributed by atoms with Crippen molar-refractivity contribution in [1.82, 2.24) is 0 Å². The summed E-state index contributed by atoms with van der Waals surface area (Å²) in [5.74, 6) is 0. The van der Waals surface area contributed by atoms with Crippen molar-refractivity contribution in [3.8, 4) is 0 Å². The van der Waals surface area contributed by atoms with Crippen LogP contribution in [0.4, 0.5) is 17.1 Å². The smallest absolute Gasteiger partial charge is 0.270 e. The second-order valence-electron chi connectivity index (χ2n) is 6.05. The Morgan fingerprint density at radius 2 is 1.72 bits per heavy atom. The number of rotatable bonds is 5. The van der Waals surface area contributed by atoms with E-state index in [4.69, 9.17) is 0 Å². The standard InChI is InChI=1S/C17H19N3O4S/c1-13-4-7-16(20(21)22)12-17(13)25(23,24)18-14-5-8-15(9-6-14)19-10-2-3-11-19/h4-9,12,18H,2-3,10-11H2,1H3. The SMILES string of the molecule is Cc1ccc([N+](=O)[O-])cc1S(=O)(=O)Nc1ccc(N2CCCC2)cc1. The van der Waals surface area contributed by atoms with Crippen molar-refractivity contribution in [1.29, 1.82) is 0 Å². The number of hydrogen-bond donors (Lipinski definition) is 1. The fraction of sp³-hybridized carbons (Fsp3) is 0.294. The van der Waals surface area contributed by atoms with Crippen molar-refractivity contribution in [3.63, 3.8) is 0 Å². The number of nitro benzene ring substituents is 1. The molecule has 7 nitrogen and oxygen atoms in total. The Kier molecular flexibility index (Phi) is 4.63. The molecule has 0 aliphatic carbocycles. The van der Waals surface area contributed by atoms with Crippen LogP contribution in [0.3, 0.4) is 0 Å². The van der Waals surface area contributed by atoms with E-state index in [-0.39, 0.29) is 10.6 Å². The third-order valence-corrected chi connectivity index (χ3v) is 5.79. The molecule has 132 valence electrons. The summed E-state index contributed by atoms with van der Waals surface area (Å²) in [5.41, 5.74) is 1.68. The number of benzene rings is 2. The van der Waals surface area contributed by atoms with E-state index < -0.39 is 14.9 Å². The van der Waals surface area contributed by atoms with E-state index in [2.05, 4.69) is 9.62 Å². The minimum Gasteiger partial charge on any atom is -0.372 e. The van der Waals surface area contributed by atoms with Crippen molar-refractivity contribution < 1.29 is 13.3 Å². The van der Waals surface area contributed by atoms with Gasteiger partial charge in [-0.2, -0.15) is 0 Å². The quantitative estimate of drug-likeness (QED) is 0.651. The van der Waals surface area contributed by atoms with Gasteiger partial charge in [0.15, 0.2) is 0 Å². The molecule has 25 heavy (non-hydrogen) atoms. The molecule has 0 spiro atoms. The summed E-state index contributed by atoms with van der Waals surface area (Å²) in [5, 5.41) is 10.9. The van der Waals surface area contributed by atoms with E-state index in [1.54, 1.807) is 19.1 Å². The number of non-ortho nitro benzene ring substituents is 1. The molecule has 1 fully saturated rings. The zero-order valence-electron chi connectivity index (χ0n) is 13.8. The molecule has 1 aliphatic rings. The number of nitrogens with one attached hydrogen (secondary N) is 1. The summed E-state index contributed by atoms with van der Waals surface area (Å²) in [6.45, 7) is 3.63. The first-order valence-corrected chi connectivity index (χ1v) is 9.48. The third kappa shape index (κ3) is 3.74. The largest absolute Gasteiger partial charge is 0.372 e. The third-order valence-electron chi connectivity index (χ3n) is 4.26. The number of nitrogens with zero attached hydrogens (tertiary/aromatic N) is 2. The molecular formula is C17H19N3O4S. The van der Waals surface area contributed by atoms with Crippen molar-refractivity contribution in [2.24, 2.45) is 0 Å². The second kappa shape index (κ2) is 6.72. The van der Waals surface area contributed by atoms with E-state index in [0.29, 0.717) is 11.3 Å². The molecule has 0 aromatic heterocycles. The zero-order valence-corrected chi connectivity index (χ0v) is 14.6. The molecule has 2 aromatic rings. The van der Waals surface area contributed by atoms with Gasteiger partial charge < -0.3 is 4.90 Å². The van der Waals surface area contributed by atoms with Gasteiger partial charge in [0.1, 0.15) is 0 Å². The second-order valence-corrected chi connectivity index (χ2v) is 7.70. The Hall–Kier alpha value is -2.61. The lowest BCUT2D eigenvalue weighted by Crippen LogP contribution is -2.18. The minimum absolute atomic E-state index is 0.0923. The lowest BCUT2D eigenvalue weighted by atomic mass is 10.2. The number of sulfonamides is 1. The Balaban J connectivity index is 1.84. The molecule has 0 saturated carbocycles. The Morgan fingerprint density at radius 3 is 2.32 bits per heavy atom. The average molecular weight is 361 g/mol. The van der Waals surface area contributed by atoms with Gasteiger partial charge in [-0.1, -0.05) is 6.07 Å². The summed E-state index contributed by atoms with van der Waals surface area (Å²) in [7, 11) is -3.90. The van der Waals surface area contributed by atoms with Gasteiger partial charge in [0.25, 0.3) is 15.7 Å². The molecular weight excluding hydrogens is 342 g/mol. The number of hydrogen-bond acceptors (Lipinski definition) is 5. The Labute approximate surface area is 146 Å². The van der Waals surface area contributed by atoms with Crippen LogP contribution in [0.1, 0.15) is 18.4 Å². The van der Waals surface area contributed by atoms with Crippen molar-refractivity contribution in [2.75, 3.05) is 22.7 Å². The maximum absolute atomic E-state index is 12.6. The van der Waals surface area contributed by atoms with Gasteiger partial charge >= 0.3 is 0 Å². The average Bonchev–Trinajstić information content (AvgIpc) is 3.09. The molecule has 0 radical (unpaired) electrons. The highest BCUT2D eigenvalue weighted by Crippen LogP contribution is 2.26. The van der Waals surface area contributed by atoms with Crippen molar-refractivity contribution >= 4 is 27.1 Å². The maximum atomic E-state index is 12.6. The van der Waals surface area contributed by atoms with Gasteiger partial charge in [-0.25, -0.2) is 8.42 Å². The molecule has 2 aromatic carbocycles.